The second-order valence-corrected chi connectivity index (χ2v) is 6.73. The van der Waals surface area contributed by atoms with Crippen LogP contribution in [0.25, 0.3) is 0 Å². The van der Waals surface area contributed by atoms with Gasteiger partial charge in [-0.15, -0.1) is 0 Å². The molecule has 0 spiro atoms. The Kier molecular flexibility index (Phi) is 5.35. The van der Waals surface area contributed by atoms with E-state index in [2.05, 4.69) is 10.6 Å². The maximum Gasteiger partial charge on any atom is 0.255 e. The molecular weight excluding hydrogens is 392 g/mol. The molecular formula is C22H17ClN2O4. The highest BCUT2D eigenvalue weighted by atomic mass is 35.5. The summed E-state index contributed by atoms with van der Waals surface area (Å²) < 4.78 is 11.0. The minimum absolute atomic E-state index is 0.217. The Balaban J connectivity index is 1.44. The Hall–Kier alpha value is -3.51. The Morgan fingerprint density at radius 3 is 2.03 bits per heavy atom. The molecule has 0 unspecified atom stereocenters. The van der Waals surface area contributed by atoms with Gasteiger partial charge in [0.05, 0.1) is 10.7 Å². The lowest BCUT2D eigenvalue weighted by Gasteiger charge is -2.20. The zero-order valence-electron chi connectivity index (χ0n) is 15.3. The minimum Gasteiger partial charge on any atom is -0.486 e. The SMILES string of the molecule is O=C(Nc1ccc(C(=O)Nc2cc3c(cc2Cl)OCCO3)cc1)c1ccccc1. The first-order chi connectivity index (χ1) is 14.1. The van der Waals surface area contributed by atoms with Crippen molar-refractivity contribution >= 4 is 34.8 Å². The Morgan fingerprint density at radius 1 is 0.759 bits per heavy atom. The van der Waals surface area contributed by atoms with Gasteiger partial charge in [-0.2, -0.15) is 0 Å². The summed E-state index contributed by atoms with van der Waals surface area (Å²) in [7, 11) is 0. The van der Waals surface area contributed by atoms with Crippen molar-refractivity contribution in [2.75, 3.05) is 23.8 Å². The highest BCUT2D eigenvalue weighted by Gasteiger charge is 2.17. The third-order valence-corrected chi connectivity index (χ3v) is 4.63. The van der Waals surface area contributed by atoms with Gasteiger partial charge in [-0.05, 0) is 36.4 Å². The summed E-state index contributed by atoms with van der Waals surface area (Å²) in [4.78, 5) is 24.8. The van der Waals surface area contributed by atoms with E-state index < -0.39 is 0 Å². The van der Waals surface area contributed by atoms with Gasteiger partial charge in [-0.25, -0.2) is 0 Å². The normalized spacial score (nSPS) is 12.2. The van der Waals surface area contributed by atoms with Crippen LogP contribution in [0.4, 0.5) is 11.4 Å². The molecule has 0 radical (unpaired) electrons. The number of rotatable bonds is 4. The number of fused-ring (bicyclic) bond motifs is 1. The fourth-order valence-electron chi connectivity index (χ4n) is 2.85. The monoisotopic (exact) mass is 408 g/mol. The van der Waals surface area contributed by atoms with E-state index in [0.29, 0.717) is 52.2 Å². The van der Waals surface area contributed by atoms with Gasteiger partial charge in [0.1, 0.15) is 13.2 Å². The fourth-order valence-corrected chi connectivity index (χ4v) is 3.05. The van der Waals surface area contributed by atoms with Crippen molar-refractivity contribution in [3.05, 3.63) is 82.9 Å². The number of ether oxygens (including phenoxy) is 2. The van der Waals surface area contributed by atoms with Crippen LogP contribution in [0, 0.1) is 0 Å². The number of hydrogen-bond acceptors (Lipinski definition) is 4. The number of halogens is 1. The summed E-state index contributed by atoms with van der Waals surface area (Å²) in [6.07, 6.45) is 0. The molecule has 1 heterocycles. The van der Waals surface area contributed by atoms with Crippen molar-refractivity contribution in [2.24, 2.45) is 0 Å². The first-order valence-electron chi connectivity index (χ1n) is 8.97. The van der Waals surface area contributed by atoms with Crippen LogP contribution >= 0.6 is 11.6 Å². The van der Waals surface area contributed by atoms with E-state index in [1.807, 2.05) is 6.07 Å². The van der Waals surface area contributed by atoms with E-state index in [9.17, 15) is 9.59 Å². The molecule has 3 aromatic rings. The Bertz CT molecular complexity index is 1050. The van der Waals surface area contributed by atoms with Crippen LogP contribution in [0.5, 0.6) is 11.5 Å². The van der Waals surface area contributed by atoms with Crippen LogP contribution in [0.15, 0.2) is 66.7 Å². The van der Waals surface area contributed by atoms with Crippen LogP contribution in [0.1, 0.15) is 20.7 Å². The zero-order chi connectivity index (χ0) is 20.2. The highest BCUT2D eigenvalue weighted by Crippen LogP contribution is 2.38. The van der Waals surface area contributed by atoms with Crippen molar-refractivity contribution in [1.82, 2.24) is 0 Å². The highest BCUT2D eigenvalue weighted by molar-refractivity contribution is 6.34. The third kappa shape index (κ3) is 4.33. The fraction of sp³-hybridized carbons (Fsp3) is 0.0909. The second kappa shape index (κ2) is 8.24. The molecule has 0 aliphatic carbocycles. The largest absolute Gasteiger partial charge is 0.486 e. The number of carbonyl (C=O) groups excluding carboxylic acids is 2. The average molecular weight is 409 g/mol. The van der Waals surface area contributed by atoms with E-state index in [1.54, 1.807) is 60.7 Å². The van der Waals surface area contributed by atoms with Crippen molar-refractivity contribution in [1.29, 1.82) is 0 Å². The van der Waals surface area contributed by atoms with Gasteiger partial charge in [0.25, 0.3) is 11.8 Å². The van der Waals surface area contributed by atoms with Gasteiger partial charge < -0.3 is 20.1 Å². The molecule has 29 heavy (non-hydrogen) atoms. The molecule has 1 aliphatic rings. The minimum atomic E-state index is -0.329. The maximum atomic E-state index is 12.6. The lowest BCUT2D eigenvalue weighted by molar-refractivity contribution is 0.102. The van der Waals surface area contributed by atoms with Crippen molar-refractivity contribution in [3.63, 3.8) is 0 Å². The lowest BCUT2D eigenvalue weighted by atomic mass is 10.1. The summed E-state index contributed by atoms with van der Waals surface area (Å²) in [5.41, 5.74) is 2.01. The van der Waals surface area contributed by atoms with E-state index >= 15 is 0 Å². The summed E-state index contributed by atoms with van der Waals surface area (Å²) >= 11 is 6.24. The van der Waals surface area contributed by atoms with E-state index in [4.69, 9.17) is 21.1 Å². The van der Waals surface area contributed by atoms with Gasteiger partial charge in [0.15, 0.2) is 11.5 Å². The van der Waals surface area contributed by atoms with E-state index in [-0.39, 0.29) is 11.8 Å². The van der Waals surface area contributed by atoms with Crippen LogP contribution < -0.4 is 20.1 Å². The molecule has 1 aliphatic heterocycles. The molecule has 3 aromatic carbocycles. The average Bonchev–Trinajstić information content (AvgIpc) is 2.75. The quantitative estimate of drug-likeness (QED) is 0.660. The summed E-state index contributed by atoms with van der Waals surface area (Å²) in [6.45, 7) is 0.903. The molecule has 0 atom stereocenters. The molecule has 146 valence electrons. The lowest BCUT2D eigenvalue weighted by Crippen LogP contribution is -2.17. The summed E-state index contributed by atoms with van der Waals surface area (Å²) in [6, 6.07) is 18.8. The molecule has 0 fully saturated rings. The smallest absolute Gasteiger partial charge is 0.255 e. The molecule has 0 saturated carbocycles. The molecule has 0 saturated heterocycles. The van der Waals surface area contributed by atoms with Crippen molar-refractivity contribution in [3.8, 4) is 11.5 Å². The summed E-state index contributed by atoms with van der Waals surface area (Å²) in [5.74, 6) is 0.544. The van der Waals surface area contributed by atoms with Crippen LogP contribution in [0.2, 0.25) is 5.02 Å². The summed E-state index contributed by atoms with van der Waals surface area (Å²) in [5, 5.41) is 5.92. The van der Waals surface area contributed by atoms with E-state index in [0.717, 1.165) is 0 Å². The molecule has 4 rings (SSSR count). The molecule has 0 bridgehead atoms. The van der Waals surface area contributed by atoms with Gasteiger partial charge in [-0.1, -0.05) is 29.8 Å². The molecule has 7 heteroatoms. The van der Waals surface area contributed by atoms with Gasteiger partial charge in [0, 0.05) is 28.9 Å². The molecule has 0 aromatic heterocycles. The number of nitrogens with one attached hydrogen (secondary N) is 2. The number of anilines is 2. The van der Waals surface area contributed by atoms with E-state index in [1.165, 1.54) is 0 Å². The van der Waals surface area contributed by atoms with Crippen LogP contribution in [-0.4, -0.2) is 25.0 Å². The first kappa shape index (κ1) is 18.8. The molecule has 2 amide bonds. The Morgan fingerprint density at radius 2 is 1.34 bits per heavy atom. The van der Waals surface area contributed by atoms with Gasteiger partial charge in [-0.3, -0.25) is 9.59 Å². The number of hydrogen-bond donors (Lipinski definition) is 2. The van der Waals surface area contributed by atoms with Gasteiger partial charge >= 0.3 is 0 Å². The number of benzene rings is 3. The Labute approximate surface area is 172 Å². The van der Waals surface area contributed by atoms with Crippen LogP contribution in [-0.2, 0) is 0 Å². The third-order valence-electron chi connectivity index (χ3n) is 4.32. The number of amides is 2. The standard InChI is InChI=1S/C22H17ClN2O4/c23-17-12-19-20(29-11-10-28-19)13-18(17)25-22(27)15-6-8-16(9-7-15)24-21(26)14-4-2-1-3-5-14/h1-9,12-13H,10-11H2,(H,24,26)(H,25,27). The maximum absolute atomic E-state index is 12.6. The second-order valence-electron chi connectivity index (χ2n) is 6.33. The predicted octanol–water partition coefficient (Wildman–Crippen LogP) is 4.62. The predicted molar refractivity (Wildman–Crippen MR) is 111 cm³/mol. The zero-order valence-corrected chi connectivity index (χ0v) is 16.0. The van der Waals surface area contributed by atoms with Crippen molar-refractivity contribution < 1.29 is 19.1 Å². The van der Waals surface area contributed by atoms with Crippen LogP contribution in [0.3, 0.4) is 0 Å². The molecule has 6 nitrogen and oxygen atoms in total. The molecule has 2 N–H and O–H groups in total. The van der Waals surface area contributed by atoms with Crippen molar-refractivity contribution in [2.45, 2.75) is 0 Å². The first-order valence-corrected chi connectivity index (χ1v) is 9.35. The van der Waals surface area contributed by atoms with Gasteiger partial charge in [0.2, 0.25) is 0 Å². The number of carbonyl (C=O) groups is 2. The topological polar surface area (TPSA) is 76.7 Å².